The van der Waals surface area contributed by atoms with Crippen LogP contribution in [0.15, 0.2) is 23.7 Å². The minimum absolute atomic E-state index is 0.183. The molecule has 2 heterocycles. The number of unbranched alkanes of at least 4 members (excludes halogenated alkanes) is 1. The molecule has 0 spiro atoms. The molecule has 0 N–H and O–H groups in total. The van der Waals surface area contributed by atoms with Crippen LogP contribution in [0.25, 0.3) is 11.1 Å². The molecule has 190 valence electrons. The number of rotatable bonds is 15. The van der Waals surface area contributed by atoms with E-state index in [1.54, 1.807) is 11.3 Å². The van der Waals surface area contributed by atoms with Crippen molar-refractivity contribution in [1.82, 2.24) is 9.55 Å². The number of aromatic nitrogens is 2. The Labute approximate surface area is 211 Å². The Hall–Kier alpha value is -1.70. The third-order valence-corrected chi connectivity index (χ3v) is 8.51. The number of nitrogens with zero attached hydrogens (tertiary/aromatic N) is 2. The van der Waals surface area contributed by atoms with Gasteiger partial charge < -0.3 is 14.0 Å². The third-order valence-electron chi connectivity index (χ3n) is 5.92. The van der Waals surface area contributed by atoms with Crippen LogP contribution < -0.4 is 0 Å². The highest BCUT2D eigenvalue weighted by atomic mass is 32.1. The van der Waals surface area contributed by atoms with Gasteiger partial charge >= 0.3 is 5.97 Å². The Kier molecular flexibility index (Phi) is 11.7. The van der Waals surface area contributed by atoms with Crippen molar-refractivity contribution in [3.8, 4) is 0 Å². The summed E-state index contributed by atoms with van der Waals surface area (Å²) in [5, 5.41) is 2.01. The van der Waals surface area contributed by atoms with Crippen LogP contribution in [0.5, 0.6) is 0 Å². The van der Waals surface area contributed by atoms with E-state index in [0.717, 1.165) is 66.7 Å². The normalized spacial score (nSPS) is 13.6. The number of hydrogen-bond donors (Lipinski definition) is 0. The quantitative estimate of drug-likeness (QED) is 0.109. The fourth-order valence-electron chi connectivity index (χ4n) is 4.01. The molecule has 0 saturated heterocycles. The molecule has 2 aromatic rings. The molecule has 0 aliphatic rings. The smallest absolute Gasteiger partial charge is 0.339 e. The lowest BCUT2D eigenvalue weighted by atomic mass is 9.89. The highest BCUT2D eigenvalue weighted by molar-refractivity contribution is 7.11. The maximum Gasteiger partial charge on any atom is 0.339 e. The van der Waals surface area contributed by atoms with E-state index in [0.29, 0.717) is 18.9 Å². The second kappa shape index (κ2) is 14.0. The molecule has 1 atom stereocenters. The molecule has 0 saturated carbocycles. The van der Waals surface area contributed by atoms with Crippen LogP contribution in [0.4, 0.5) is 0 Å². The summed E-state index contributed by atoms with van der Waals surface area (Å²) in [4.78, 5) is 19.1. The fraction of sp³-hybridized carbons (Fsp3) is 0.630. The first-order chi connectivity index (χ1) is 16.2. The van der Waals surface area contributed by atoms with Crippen molar-refractivity contribution in [1.29, 1.82) is 0 Å². The summed E-state index contributed by atoms with van der Waals surface area (Å²) in [6, 6.07) is 5.13. The predicted molar refractivity (Wildman–Crippen MR) is 147 cm³/mol. The molecule has 0 fully saturated rings. The van der Waals surface area contributed by atoms with Gasteiger partial charge in [-0.2, -0.15) is 0 Å². The van der Waals surface area contributed by atoms with Gasteiger partial charge in [0.05, 0.1) is 24.1 Å². The number of carbonyl (C=O) groups is 1. The molecular weight excluding hydrogens is 460 g/mol. The molecule has 0 aliphatic heterocycles. The van der Waals surface area contributed by atoms with Crippen LogP contribution in [0.1, 0.15) is 69.8 Å². The predicted octanol–water partition coefficient (Wildman–Crippen LogP) is 7.51. The monoisotopic (exact) mass is 504 g/mol. The van der Waals surface area contributed by atoms with Gasteiger partial charge in [-0.25, -0.2) is 9.78 Å². The van der Waals surface area contributed by atoms with Gasteiger partial charge in [-0.1, -0.05) is 59.3 Å². The third kappa shape index (κ3) is 8.20. The van der Waals surface area contributed by atoms with E-state index in [2.05, 4.69) is 45.0 Å². The van der Waals surface area contributed by atoms with E-state index in [1.165, 1.54) is 0 Å². The number of imidazole rings is 1. The van der Waals surface area contributed by atoms with Crippen molar-refractivity contribution >= 4 is 36.5 Å². The molecular formula is C27H44N2O3SSi. The first-order valence-corrected chi connectivity index (χ1v) is 17.4. The molecule has 5 nitrogen and oxygen atoms in total. The van der Waals surface area contributed by atoms with Crippen LogP contribution in [0, 0.1) is 5.92 Å². The average Bonchev–Trinajstić information content (AvgIpc) is 3.43. The van der Waals surface area contributed by atoms with Crippen LogP contribution in [0.3, 0.4) is 0 Å². The van der Waals surface area contributed by atoms with E-state index in [-0.39, 0.29) is 11.9 Å². The minimum Gasteiger partial charge on any atom is -0.462 e. The summed E-state index contributed by atoms with van der Waals surface area (Å²) in [5.74, 6) is 0.953. The SMILES string of the molecule is CCCCc1ncc(/C(=C(\C(=O)OCC)c2cccs2)C(C)CCC)n1COCC[Si](C)(C)C. The fourth-order valence-corrected chi connectivity index (χ4v) is 5.54. The summed E-state index contributed by atoms with van der Waals surface area (Å²) >= 11 is 1.58. The van der Waals surface area contributed by atoms with E-state index < -0.39 is 8.07 Å². The number of allylic oxidation sites excluding steroid dienone is 1. The largest absolute Gasteiger partial charge is 0.462 e. The highest BCUT2D eigenvalue weighted by Crippen LogP contribution is 2.37. The van der Waals surface area contributed by atoms with Crippen LogP contribution in [-0.2, 0) is 27.4 Å². The van der Waals surface area contributed by atoms with Gasteiger partial charge in [0.25, 0.3) is 0 Å². The lowest BCUT2D eigenvalue weighted by molar-refractivity contribution is -0.136. The Morgan fingerprint density at radius 2 is 1.97 bits per heavy atom. The van der Waals surface area contributed by atoms with E-state index >= 15 is 0 Å². The van der Waals surface area contributed by atoms with Crippen molar-refractivity contribution < 1.29 is 14.3 Å². The minimum atomic E-state index is -1.18. The zero-order valence-electron chi connectivity index (χ0n) is 22.3. The van der Waals surface area contributed by atoms with Crippen molar-refractivity contribution in [2.45, 2.75) is 92.2 Å². The molecule has 34 heavy (non-hydrogen) atoms. The summed E-state index contributed by atoms with van der Waals surface area (Å²) in [6.07, 6.45) is 7.05. The van der Waals surface area contributed by atoms with E-state index in [4.69, 9.17) is 14.5 Å². The summed E-state index contributed by atoms with van der Waals surface area (Å²) < 4.78 is 14.0. The van der Waals surface area contributed by atoms with Gasteiger partial charge in [0.1, 0.15) is 12.6 Å². The van der Waals surface area contributed by atoms with Gasteiger partial charge in [0.2, 0.25) is 0 Å². The molecule has 0 radical (unpaired) electrons. The lowest BCUT2D eigenvalue weighted by Gasteiger charge is -2.22. The molecule has 7 heteroatoms. The highest BCUT2D eigenvalue weighted by Gasteiger charge is 2.28. The zero-order valence-corrected chi connectivity index (χ0v) is 24.1. The average molecular weight is 505 g/mol. The molecule has 2 rings (SSSR count). The molecule has 0 amide bonds. The Morgan fingerprint density at radius 1 is 1.21 bits per heavy atom. The molecule has 1 unspecified atom stereocenters. The Morgan fingerprint density at radius 3 is 2.56 bits per heavy atom. The number of aryl methyl sites for hydroxylation is 1. The second-order valence-electron chi connectivity index (χ2n) is 10.1. The number of esters is 1. The molecule has 0 bridgehead atoms. The van der Waals surface area contributed by atoms with Crippen molar-refractivity contribution in [3.63, 3.8) is 0 Å². The van der Waals surface area contributed by atoms with Gasteiger partial charge in [0, 0.05) is 26.0 Å². The number of carbonyl (C=O) groups excluding carboxylic acids is 1. The molecule has 0 aromatic carbocycles. The van der Waals surface area contributed by atoms with Gasteiger partial charge in [-0.05, 0) is 48.7 Å². The summed E-state index contributed by atoms with van der Waals surface area (Å²) in [5.41, 5.74) is 2.67. The van der Waals surface area contributed by atoms with E-state index in [1.807, 2.05) is 30.6 Å². The van der Waals surface area contributed by atoms with Gasteiger partial charge in [-0.15, -0.1) is 11.3 Å². The number of hydrogen-bond acceptors (Lipinski definition) is 5. The van der Waals surface area contributed by atoms with Crippen molar-refractivity contribution in [2.24, 2.45) is 5.92 Å². The number of thiophene rings is 1. The van der Waals surface area contributed by atoms with Gasteiger partial charge in [-0.3, -0.25) is 0 Å². The van der Waals surface area contributed by atoms with E-state index in [9.17, 15) is 4.79 Å². The lowest BCUT2D eigenvalue weighted by Crippen LogP contribution is -2.22. The molecule has 0 aliphatic carbocycles. The summed E-state index contributed by atoms with van der Waals surface area (Å²) in [7, 11) is -1.18. The van der Waals surface area contributed by atoms with Crippen LogP contribution in [0.2, 0.25) is 25.7 Å². The maximum absolute atomic E-state index is 13.3. The maximum atomic E-state index is 13.3. The Bertz CT molecular complexity index is 913. The van der Waals surface area contributed by atoms with Crippen molar-refractivity contribution in [2.75, 3.05) is 13.2 Å². The Balaban J connectivity index is 2.61. The first kappa shape index (κ1) is 28.5. The van der Waals surface area contributed by atoms with Crippen LogP contribution >= 0.6 is 11.3 Å². The van der Waals surface area contributed by atoms with Crippen LogP contribution in [-0.4, -0.2) is 36.8 Å². The number of ether oxygens (including phenoxy) is 2. The summed E-state index contributed by atoms with van der Waals surface area (Å²) in [6.45, 7) is 17.1. The van der Waals surface area contributed by atoms with Gasteiger partial charge in [0.15, 0.2) is 0 Å². The zero-order chi connectivity index (χ0) is 25.1. The topological polar surface area (TPSA) is 53.3 Å². The first-order valence-electron chi connectivity index (χ1n) is 12.8. The molecule has 2 aromatic heterocycles. The standard InChI is InChI=1S/C27H44N2O3SSi/c1-8-11-15-24-28-19-22(29(24)20-31-16-18-34(5,6)7)25(21(4)13-9-2)26(27(30)32-10-3)23-14-12-17-33-23/h12,14,17,19,21H,8-11,13,15-16,18,20H2,1-7H3/b26-25-. The van der Waals surface area contributed by atoms with Crippen molar-refractivity contribution in [3.05, 3.63) is 40.1 Å². The second-order valence-corrected chi connectivity index (χ2v) is 16.7.